The normalized spacial score (nSPS) is 16.7. The van der Waals surface area contributed by atoms with Gasteiger partial charge in [0.15, 0.2) is 0 Å². The average Bonchev–Trinajstić information content (AvgIpc) is 3.17. The van der Waals surface area contributed by atoms with E-state index in [9.17, 15) is 4.79 Å². The van der Waals surface area contributed by atoms with Crippen molar-refractivity contribution in [1.82, 2.24) is 0 Å². The number of hydrogen-bond acceptors (Lipinski definition) is 8. The van der Waals surface area contributed by atoms with Gasteiger partial charge in [-0.25, -0.2) is 0 Å². The van der Waals surface area contributed by atoms with E-state index in [1.54, 1.807) is 14.2 Å². The number of esters is 1. The second-order valence-corrected chi connectivity index (χ2v) is 14.2. The SMILES string of the molecule is CC.CCOC(=O)CCCN(CC)c1cc(OC)c(C2c3cc4c5c(c3Oc3c2cc2c6c3CCCN6CCC2)CCCN5CCC4)cc1OC. The Kier molecular flexibility index (Phi) is 10.6. The Hall–Kier alpha value is -4.07. The number of methoxy groups -OCH3 is 2. The molecule has 8 heteroatoms. The third kappa shape index (κ3) is 6.27. The van der Waals surface area contributed by atoms with Crippen molar-refractivity contribution in [1.29, 1.82) is 0 Å². The van der Waals surface area contributed by atoms with Crippen molar-refractivity contribution in [3.63, 3.8) is 0 Å². The van der Waals surface area contributed by atoms with Crippen LogP contribution in [0.3, 0.4) is 0 Å². The van der Waals surface area contributed by atoms with E-state index in [0.29, 0.717) is 19.4 Å². The van der Waals surface area contributed by atoms with E-state index in [1.807, 2.05) is 20.8 Å². The van der Waals surface area contributed by atoms with Gasteiger partial charge in [-0.05, 0) is 101 Å². The van der Waals surface area contributed by atoms with Crippen LogP contribution in [0.25, 0.3) is 0 Å². The summed E-state index contributed by atoms with van der Waals surface area (Å²) in [5.74, 6) is 3.62. The number of aryl methyl sites for hydroxylation is 2. The third-order valence-electron chi connectivity index (χ3n) is 11.5. The number of anilines is 3. The monoisotopic (exact) mass is 695 g/mol. The molecule has 0 unspecified atom stereocenters. The zero-order chi connectivity index (χ0) is 35.6. The topological polar surface area (TPSA) is 63.7 Å². The Balaban J connectivity index is 0.00000200. The smallest absolute Gasteiger partial charge is 0.305 e. The lowest BCUT2D eigenvalue weighted by atomic mass is 9.75. The Morgan fingerprint density at radius 2 is 1.31 bits per heavy atom. The molecule has 0 N–H and O–H groups in total. The molecule has 0 amide bonds. The van der Waals surface area contributed by atoms with Crippen LogP contribution in [0.5, 0.6) is 23.0 Å². The molecule has 8 rings (SSSR count). The second kappa shape index (κ2) is 15.3. The average molecular weight is 696 g/mol. The minimum absolute atomic E-state index is 0.0479. The number of nitrogens with zero attached hydrogens (tertiary/aromatic N) is 3. The van der Waals surface area contributed by atoms with Crippen LogP contribution in [0.4, 0.5) is 17.1 Å². The van der Waals surface area contributed by atoms with Gasteiger partial charge in [-0.2, -0.15) is 0 Å². The first kappa shape index (κ1) is 35.3. The molecule has 0 atom stereocenters. The number of carbonyl (C=O) groups excluding carboxylic acids is 1. The molecular weight excluding hydrogens is 638 g/mol. The molecule has 274 valence electrons. The van der Waals surface area contributed by atoms with E-state index >= 15 is 0 Å². The summed E-state index contributed by atoms with van der Waals surface area (Å²) in [4.78, 5) is 19.6. The number of fused-ring (bicyclic) bond motifs is 4. The van der Waals surface area contributed by atoms with Crippen molar-refractivity contribution >= 4 is 23.0 Å². The molecule has 0 radical (unpaired) electrons. The van der Waals surface area contributed by atoms with Crippen molar-refractivity contribution in [2.75, 3.05) is 74.8 Å². The first-order valence-corrected chi connectivity index (χ1v) is 19.8. The molecule has 8 nitrogen and oxygen atoms in total. The number of carbonyl (C=O) groups is 1. The van der Waals surface area contributed by atoms with Gasteiger partial charge >= 0.3 is 5.97 Å². The predicted molar refractivity (Wildman–Crippen MR) is 206 cm³/mol. The van der Waals surface area contributed by atoms with Crippen LogP contribution in [0, 0.1) is 0 Å². The zero-order valence-corrected chi connectivity index (χ0v) is 31.8. The summed E-state index contributed by atoms with van der Waals surface area (Å²) in [5, 5.41) is 0. The molecule has 5 aliphatic heterocycles. The van der Waals surface area contributed by atoms with Crippen molar-refractivity contribution in [3.05, 3.63) is 63.2 Å². The molecule has 51 heavy (non-hydrogen) atoms. The van der Waals surface area contributed by atoms with Gasteiger partial charge in [0.1, 0.15) is 23.0 Å². The van der Waals surface area contributed by atoms with Gasteiger partial charge in [0.25, 0.3) is 0 Å². The van der Waals surface area contributed by atoms with Crippen LogP contribution in [0.2, 0.25) is 0 Å². The molecule has 0 saturated heterocycles. The first-order chi connectivity index (χ1) is 25.0. The maximum absolute atomic E-state index is 12.1. The van der Waals surface area contributed by atoms with E-state index in [2.05, 4.69) is 45.9 Å². The Morgan fingerprint density at radius 3 is 1.82 bits per heavy atom. The Labute approximate surface area is 305 Å². The van der Waals surface area contributed by atoms with Crippen LogP contribution >= 0.6 is 0 Å². The predicted octanol–water partition coefficient (Wildman–Crippen LogP) is 8.58. The van der Waals surface area contributed by atoms with Gasteiger partial charge in [0.05, 0.1) is 26.5 Å². The molecule has 0 aliphatic carbocycles. The number of ether oxygens (including phenoxy) is 4. The minimum atomic E-state index is -0.149. The quantitative estimate of drug-likeness (QED) is 0.153. The molecule has 0 aromatic heterocycles. The first-order valence-electron chi connectivity index (χ1n) is 19.8. The summed E-state index contributed by atoms with van der Waals surface area (Å²) >= 11 is 0. The third-order valence-corrected chi connectivity index (χ3v) is 11.5. The number of rotatable bonds is 10. The van der Waals surface area contributed by atoms with Crippen molar-refractivity contribution in [2.24, 2.45) is 0 Å². The van der Waals surface area contributed by atoms with Gasteiger partial charge < -0.3 is 33.6 Å². The van der Waals surface area contributed by atoms with E-state index in [4.69, 9.17) is 18.9 Å². The molecule has 0 bridgehead atoms. The molecular formula is C43H57N3O5. The minimum Gasteiger partial charge on any atom is -0.496 e. The highest BCUT2D eigenvalue weighted by Gasteiger charge is 2.40. The summed E-state index contributed by atoms with van der Waals surface area (Å²) in [7, 11) is 3.55. The van der Waals surface area contributed by atoms with Gasteiger partial charge in [-0.3, -0.25) is 4.79 Å². The largest absolute Gasteiger partial charge is 0.496 e. The lowest BCUT2D eigenvalue weighted by Gasteiger charge is -2.43. The fraction of sp³-hybridized carbons (Fsp3) is 0.558. The van der Waals surface area contributed by atoms with Gasteiger partial charge in [-0.15, -0.1) is 0 Å². The molecule has 0 fully saturated rings. The van der Waals surface area contributed by atoms with Crippen LogP contribution in [0.1, 0.15) is 111 Å². The number of benzene rings is 3. The number of hydrogen-bond donors (Lipinski definition) is 0. The lowest BCUT2D eigenvalue weighted by molar-refractivity contribution is -0.143. The van der Waals surface area contributed by atoms with Crippen LogP contribution in [-0.2, 0) is 35.2 Å². The van der Waals surface area contributed by atoms with Crippen molar-refractivity contribution in [2.45, 2.75) is 97.8 Å². The van der Waals surface area contributed by atoms with Crippen molar-refractivity contribution in [3.8, 4) is 23.0 Å². The maximum atomic E-state index is 12.1. The van der Waals surface area contributed by atoms with Crippen LogP contribution < -0.4 is 28.9 Å². The van der Waals surface area contributed by atoms with E-state index in [1.165, 1.54) is 57.6 Å². The molecule has 0 saturated carbocycles. The molecule has 5 aliphatic rings. The van der Waals surface area contributed by atoms with Crippen LogP contribution in [0.15, 0.2) is 24.3 Å². The van der Waals surface area contributed by atoms with Crippen molar-refractivity contribution < 1.29 is 23.7 Å². The fourth-order valence-electron chi connectivity index (χ4n) is 9.46. The highest BCUT2D eigenvalue weighted by atomic mass is 16.5. The van der Waals surface area contributed by atoms with Gasteiger partial charge in [0, 0.05) is 96.9 Å². The summed E-state index contributed by atoms with van der Waals surface area (Å²) < 4.78 is 25.0. The highest BCUT2D eigenvalue weighted by molar-refractivity contribution is 5.79. The molecule has 3 aromatic rings. The Bertz CT molecular complexity index is 1680. The molecule has 3 aromatic carbocycles. The van der Waals surface area contributed by atoms with E-state index in [-0.39, 0.29) is 11.9 Å². The summed E-state index contributed by atoms with van der Waals surface area (Å²) in [6.45, 7) is 14.4. The van der Waals surface area contributed by atoms with Gasteiger partial charge in [0.2, 0.25) is 0 Å². The Morgan fingerprint density at radius 1 is 0.765 bits per heavy atom. The standard InChI is InChI=1S/C41H51N3O5.C2H6/c1-5-42(17-11-16-36(45)48-6-2)33-25-34(46-3)30(24-35(33)47-4)37-31-22-26-12-7-18-43-20-9-14-28(38(26)43)40(31)49-41-29-15-10-21-44-19-8-13-27(39(29)44)23-32(37)41;1-2/h22-25,37H,5-21H2,1-4H3;1-2H3. The molecule has 5 heterocycles. The second-order valence-electron chi connectivity index (χ2n) is 14.2. The van der Waals surface area contributed by atoms with Gasteiger partial charge in [-0.1, -0.05) is 13.8 Å². The summed E-state index contributed by atoms with van der Waals surface area (Å²) in [6.07, 6.45) is 10.1. The van der Waals surface area contributed by atoms with E-state index < -0.39 is 0 Å². The maximum Gasteiger partial charge on any atom is 0.305 e. The summed E-state index contributed by atoms with van der Waals surface area (Å²) in [6, 6.07) is 9.33. The van der Waals surface area contributed by atoms with E-state index in [0.717, 1.165) is 112 Å². The lowest BCUT2D eigenvalue weighted by Crippen LogP contribution is -2.36. The summed E-state index contributed by atoms with van der Waals surface area (Å²) in [5.41, 5.74) is 13.2. The zero-order valence-electron chi connectivity index (χ0n) is 31.8. The fourth-order valence-corrected chi connectivity index (χ4v) is 9.46. The highest BCUT2D eigenvalue weighted by Crippen LogP contribution is 2.58. The molecule has 0 spiro atoms. The van der Waals surface area contributed by atoms with Crippen LogP contribution in [-0.4, -0.2) is 66.1 Å².